The first-order valence-electron chi connectivity index (χ1n) is 51.4. The summed E-state index contributed by atoms with van der Waals surface area (Å²) in [5.74, 6) is 0.542. The Hall–Kier alpha value is -12.0. The van der Waals surface area contributed by atoms with Gasteiger partial charge in [-0.3, -0.25) is 33.7 Å². The first kappa shape index (κ1) is 96.7. The van der Waals surface area contributed by atoms with E-state index in [1.165, 1.54) is 117 Å². The summed E-state index contributed by atoms with van der Waals surface area (Å²) in [6.07, 6.45) is 24.5. The summed E-state index contributed by atoms with van der Waals surface area (Å²) in [7, 11) is 0. The monoisotopic (exact) mass is 1830 g/mol. The lowest BCUT2D eigenvalue weighted by Gasteiger charge is -2.46. The summed E-state index contributed by atoms with van der Waals surface area (Å²) in [4.78, 5) is 91.4. The summed E-state index contributed by atoms with van der Waals surface area (Å²) < 4.78 is 0. The van der Waals surface area contributed by atoms with Crippen molar-refractivity contribution in [3.8, 4) is 0 Å². The van der Waals surface area contributed by atoms with Crippen molar-refractivity contribution in [1.29, 1.82) is 0 Å². The highest BCUT2D eigenvalue weighted by Gasteiger charge is 2.39. The number of hydrogen-bond donors (Lipinski definition) is 8. The average Bonchev–Trinajstić information content (AvgIpc) is 1.82. The molecule has 3 heterocycles. The zero-order valence-electron chi connectivity index (χ0n) is 79.7. The van der Waals surface area contributed by atoms with Crippen molar-refractivity contribution in [2.45, 2.75) is 219 Å². The summed E-state index contributed by atoms with van der Waals surface area (Å²) in [5, 5.41) is 34.5. The second kappa shape index (κ2) is 49.3. The van der Waals surface area contributed by atoms with Crippen LogP contribution in [0.1, 0.15) is 223 Å². The molecule has 4 saturated carbocycles. The van der Waals surface area contributed by atoms with Gasteiger partial charge in [0, 0.05) is 136 Å². The van der Waals surface area contributed by atoms with E-state index in [1.54, 1.807) is 0 Å². The number of hydrogen-bond acceptors (Lipinski definition) is 12. The smallest absolute Gasteiger partial charge is 0.251 e. The minimum absolute atomic E-state index is 0.00282. The van der Waals surface area contributed by atoms with E-state index in [-0.39, 0.29) is 89.4 Å². The Labute approximate surface area is 811 Å². The molecule has 19 rings (SSSR count). The third-order valence-corrected chi connectivity index (χ3v) is 30.0. The molecule has 18 nitrogen and oxygen atoms in total. The fraction of sp³-hybridized carbons (Fsp3) is 0.395. The molecule has 7 aliphatic rings. The van der Waals surface area contributed by atoms with E-state index in [2.05, 4.69) is 238 Å². The zero-order chi connectivity index (χ0) is 93.7. The van der Waals surface area contributed by atoms with Crippen LogP contribution in [-0.2, 0) is 14.4 Å². The van der Waals surface area contributed by atoms with E-state index in [1.807, 2.05) is 133 Å². The molecule has 18 heteroatoms. The Balaban J connectivity index is 0.000000143. The minimum atomic E-state index is -0.285. The van der Waals surface area contributed by atoms with Crippen LogP contribution in [0.2, 0.25) is 0 Å². The molecule has 12 aromatic rings. The van der Waals surface area contributed by atoms with Gasteiger partial charge in [-0.15, -0.1) is 0 Å². The number of amides is 6. The molecule has 0 unspecified atom stereocenters. The second-order valence-corrected chi connectivity index (χ2v) is 39.3. The molecule has 6 amide bonds. The molecule has 712 valence electrons. The SMILES string of the molecule is O=C(NC[C@@H]1CCN(CC(c2ccccc2)c2ccccc2)C(=O)[C@H](CCCN(C2CCC2)C2CCC2)N1)c1ccc2ccccc2c1.O=C(NC[C@@H]1CCN(CC(c2ccccc2)c2ccccc2)C(=O)[C@H](CCCNC2CCC2)N1)c1ccc2ccccc2c1.O=C(NC[C@@H]1CCN(CC(c2ccccc2)c2ccccc2)C(=O)[C@H](CCCNC2CCCC2)N1)c1ccc2ccccc2c1. The van der Waals surface area contributed by atoms with Crippen LogP contribution in [0.4, 0.5) is 0 Å². The van der Waals surface area contributed by atoms with Crippen molar-refractivity contribution in [3.63, 3.8) is 0 Å². The Bertz CT molecular complexity index is 5710. The molecule has 0 spiro atoms. The average molecular weight is 1830 g/mol. The third-order valence-electron chi connectivity index (χ3n) is 30.0. The summed E-state index contributed by atoms with van der Waals surface area (Å²) in [6.45, 7) is 8.21. The molecule has 4 aliphatic carbocycles. The molecule has 0 radical (unpaired) electrons. The maximum Gasteiger partial charge on any atom is 0.251 e. The zero-order valence-corrected chi connectivity index (χ0v) is 79.7. The first-order chi connectivity index (χ1) is 67.4. The molecule has 137 heavy (non-hydrogen) atoms. The molecule has 0 aromatic heterocycles. The van der Waals surface area contributed by atoms with Gasteiger partial charge in [0.25, 0.3) is 17.7 Å². The van der Waals surface area contributed by atoms with Crippen molar-refractivity contribution < 1.29 is 28.8 Å². The van der Waals surface area contributed by atoms with E-state index in [9.17, 15) is 28.8 Å². The van der Waals surface area contributed by atoms with Gasteiger partial charge in [0.05, 0.1) is 18.1 Å². The molecule has 12 aromatic carbocycles. The molecule has 6 atom stereocenters. The maximum absolute atomic E-state index is 14.4. The number of rotatable bonds is 37. The predicted octanol–water partition coefficient (Wildman–Crippen LogP) is 19.3. The van der Waals surface area contributed by atoms with Crippen LogP contribution >= 0.6 is 0 Å². The van der Waals surface area contributed by atoms with Crippen molar-refractivity contribution >= 4 is 67.8 Å². The van der Waals surface area contributed by atoms with Gasteiger partial charge < -0.3 is 57.2 Å². The van der Waals surface area contributed by atoms with Crippen LogP contribution in [0, 0.1) is 0 Å². The van der Waals surface area contributed by atoms with Crippen LogP contribution in [0.3, 0.4) is 0 Å². The van der Waals surface area contributed by atoms with E-state index in [0.29, 0.717) is 87.7 Å². The van der Waals surface area contributed by atoms with Gasteiger partial charge in [0.15, 0.2) is 0 Å². The van der Waals surface area contributed by atoms with Crippen molar-refractivity contribution in [2.24, 2.45) is 0 Å². The van der Waals surface area contributed by atoms with Crippen molar-refractivity contribution in [3.05, 3.63) is 359 Å². The highest BCUT2D eigenvalue weighted by Crippen LogP contribution is 2.37. The maximum atomic E-state index is 14.4. The lowest BCUT2D eigenvalue weighted by atomic mass is 9.84. The lowest BCUT2D eigenvalue weighted by molar-refractivity contribution is -0.133. The molecular formula is C119H140N12O6. The Kier molecular flexibility index (Phi) is 34.8. The highest BCUT2D eigenvalue weighted by molar-refractivity contribution is 6.00. The third kappa shape index (κ3) is 26.7. The van der Waals surface area contributed by atoms with E-state index in [0.717, 1.165) is 122 Å². The fourth-order valence-corrected chi connectivity index (χ4v) is 21.4. The van der Waals surface area contributed by atoms with Crippen molar-refractivity contribution in [1.82, 2.24) is 62.1 Å². The standard InChI is InChI=1S/C42H50N4O2.C39H46N4O2.C38H44N4O2/c47-41(35-24-23-31-12-7-8-17-34(31)28-35)43-29-36-25-27-45(30-39(32-13-3-1-4-14-32)33-15-5-2-6-16-33)42(48)40(44-36)22-11-26-46(37-18-9-19-37)38-20-10-21-38;44-38(33-22-21-29-12-7-8-17-32(29)26-33)41-27-35-23-25-43(39(45)37(42-35)20-11-24-40-34-18-9-10-19-34)28-36(30-13-3-1-4-14-30)31-15-5-2-6-16-31;43-37(32-21-20-28-11-7-8-16-31(28)25-32)40-26-34-22-24-42(38(44)36(41-34)19-10-23-39-33-17-9-18-33)27-35(29-12-3-1-4-13-29)30-14-5-2-6-15-30/h1-8,12-17,23-24,28,36-40,44H,9-11,18-22,25-27,29-30H2,(H,43,47);1-8,12-17,21-22,26,34-37,40,42H,9-11,18-20,23-25,27-28H2,(H,41,44);1-8,11-16,20-21,25,33-36,39,41H,9-10,17-19,22-24,26-27H2,(H,40,43)/t36-,40-;35-,37-;34-,36-/m000/s1. The molecule has 3 saturated heterocycles. The molecule has 7 fully saturated rings. The van der Waals surface area contributed by atoms with E-state index in [4.69, 9.17) is 0 Å². The van der Waals surface area contributed by atoms with Crippen LogP contribution in [0.25, 0.3) is 32.3 Å². The van der Waals surface area contributed by atoms with Crippen LogP contribution in [0.15, 0.2) is 309 Å². The van der Waals surface area contributed by atoms with Crippen LogP contribution in [0.5, 0.6) is 0 Å². The summed E-state index contributed by atoms with van der Waals surface area (Å²) >= 11 is 0. The number of nitrogens with zero attached hydrogens (tertiary/aromatic N) is 4. The fourth-order valence-electron chi connectivity index (χ4n) is 21.4. The predicted molar refractivity (Wildman–Crippen MR) is 554 cm³/mol. The number of carbonyl (C=O) groups excluding carboxylic acids is 6. The highest BCUT2D eigenvalue weighted by atomic mass is 16.2. The minimum Gasteiger partial charge on any atom is -0.350 e. The molecule has 8 N–H and O–H groups in total. The second-order valence-electron chi connectivity index (χ2n) is 39.3. The summed E-state index contributed by atoms with van der Waals surface area (Å²) in [6, 6.07) is 107. The van der Waals surface area contributed by atoms with Crippen LogP contribution in [-0.4, -0.2) is 194 Å². The molecular weight excluding hydrogens is 1690 g/mol. The largest absolute Gasteiger partial charge is 0.350 e. The van der Waals surface area contributed by atoms with Gasteiger partial charge in [0.2, 0.25) is 17.7 Å². The van der Waals surface area contributed by atoms with Gasteiger partial charge in [0.1, 0.15) is 0 Å². The van der Waals surface area contributed by atoms with Gasteiger partial charge in [-0.25, -0.2) is 0 Å². The topological polar surface area (TPSA) is 212 Å². The van der Waals surface area contributed by atoms with Crippen molar-refractivity contribution in [2.75, 3.05) is 78.5 Å². The lowest BCUT2D eigenvalue weighted by Crippen LogP contribution is -2.51. The van der Waals surface area contributed by atoms with Gasteiger partial charge in [-0.05, 0) is 231 Å². The number of benzene rings is 12. The number of fused-ring (bicyclic) bond motifs is 3. The van der Waals surface area contributed by atoms with Gasteiger partial charge in [-0.1, -0.05) is 305 Å². The van der Waals surface area contributed by atoms with Gasteiger partial charge >= 0.3 is 0 Å². The quantitative estimate of drug-likeness (QED) is 0.0171. The Morgan fingerprint density at radius 1 is 0.299 bits per heavy atom. The number of nitrogens with one attached hydrogen (secondary N) is 8. The number of carbonyl (C=O) groups is 6. The normalized spacial score (nSPS) is 19.6. The van der Waals surface area contributed by atoms with Gasteiger partial charge in [-0.2, -0.15) is 0 Å². The van der Waals surface area contributed by atoms with E-state index >= 15 is 0 Å². The molecule has 3 aliphatic heterocycles. The van der Waals surface area contributed by atoms with E-state index < -0.39 is 0 Å². The first-order valence-corrected chi connectivity index (χ1v) is 51.4. The molecule has 0 bridgehead atoms. The Morgan fingerprint density at radius 2 is 0.562 bits per heavy atom. The van der Waals surface area contributed by atoms with Crippen LogP contribution < -0.4 is 42.5 Å². The summed E-state index contributed by atoms with van der Waals surface area (Å²) in [5.41, 5.74) is 9.27. The Morgan fingerprint density at radius 3 is 0.832 bits per heavy atom.